The van der Waals surface area contributed by atoms with Crippen molar-refractivity contribution >= 4 is 65.7 Å². The monoisotopic (exact) mass is 882 g/mol. The molecule has 322 valence electrons. The van der Waals surface area contributed by atoms with E-state index in [2.05, 4.69) is 193 Å². The van der Waals surface area contributed by atoms with Gasteiger partial charge in [0.15, 0.2) is 17.5 Å². The number of hydrogen-bond donors (Lipinski definition) is 0. The predicted molar refractivity (Wildman–Crippen MR) is 281 cm³/mol. The van der Waals surface area contributed by atoms with Crippen LogP contribution < -0.4 is 0 Å². The summed E-state index contributed by atoms with van der Waals surface area (Å²) in [7, 11) is 0. The first-order valence-electron chi connectivity index (χ1n) is 23.2. The average molecular weight is 883 g/mol. The number of fused-ring (bicyclic) bond motifs is 9. The molecule has 0 saturated carbocycles. The van der Waals surface area contributed by atoms with Crippen molar-refractivity contribution in [2.45, 2.75) is 0 Å². The van der Waals surface area contributed by atoms with Gasteiger partial charge in [-0.05, 0) is 82.4 Å². The molecule has 14 rings (SSSR count). The molecule has 0 fully saturated rings. The highest BCUT2D eigenvalue weighted by Gasteiger charge is 2.19. The first-order valence-corrected chi connectivity index (χ1v) is 23.2. The van der Waals surface area contributed by atoms with Crippen LogP contribution >= 0.6 is 0 Å². The third kappa shape index (κ3) is 6.53. The Hall–Kier alpha value is -9.39. The van der Waals surface area contributed by atoms with Crippen molar-refractivity contribution in [2.75, 3.05) is 0 Å². The van der Waals surface area contributed by atoms with Gasteiger partial charge in [-0.15, -0.1) is 0 Å². The van der Waals surface area contributed by atoms with Gasteiger partial charge in [-0.3, -0.25) is 0 Å². The summed E-state index contributed by atoms with van der Waals surface area (Å²) in [5, 5.41) is 6.62. The van der Waals surface area contributed by atoms with E-state index in [0.29, 0.717) is 17.5 Å². The van der Waals surface area contributed by atoms with Crippen LogP contribution in [0.1, 0.15) is 0 Å². The van der Waals surface area contributed by atoms with Crippen molar-refractivity contribution in [3.63, 3.8) is 0 Å². The summed E-state index contributed by atoms with van der Waals surface area (Å²) >= 11 is 0. The van der Waals surface area contributed by atoms with Crippen LogP contribution in [0, 0.1) is 0 Å². The number of aromatic nitrogens is 4. The smallest absolute Gasteiger partial charge is 0.164 e. The highest BCUT2D eigenvalue weighted by atomic mass is 16.3. The first kappa shape index (κ1) is 38.8. The second-order valence-electron chi connectivity index (χ2n) is 17.6. The van der Waals surface area contributed by atoms with Crippen LogP contribution in [0.2, 0.25) is 0 Å². The molecule has 4 heterocycles. The lowest BCUT2D eigenvalue weighted by molar-refractivity contribution is 0.668. The Morgan fingerprint density at radius 2 is 0.754 bits per heavy atom. The molecule has 0 N–H and O–H groups in total. The molecule has 6 heteroatoms. The molecule has 14 aromatic rings. The second-order valence-corrected chi connectivity index (χ2v) is 17.6. The summed E-state index contributed by atoms with van der Waals surface area (Å²) in [6.45, 7) is 0. The third-order valence-corrected chi connectivity index (χ3v) is 13.5. The minimum absolute atomic E-state index is 0.573. The Morgan fingerprint density at radius 3 is 1.48 bits per heavy atom. The van der Waals surface area contributed by atoms with Gasteiger partial charge in [-0.1, -0.05) is 170 Å². The molecule has 10 aromatic carbocycles. The summed E-state index contributed by atoms with van der Waals surface area (Å²) < 4.78 is 15.9. The van der Waals surface area contributed by atoms with Gasteiger partial charge in [0, 0.05) is 66.3 Å². The van der Waals surface area contributed by atoms with Crippen molar-refractivity contribution in [2.24, 2.45) is 0 Å². The van der Waals surface area contributed by atoms with Gasteiger partial charge >= 0.3 is 0 Å². The molecule has 0 amide bonds. The molecule has 0 radical (unpaired) electrons. The summed E-state index contributed by atoms with van der Waals surface area (Å²) in [6.07, 6.45) is 0. The highest BCUT2D eigenvalue weighted by Crippen LogP contribution is 2.41. The van der Waals surface area contributed by atoms with E-state index in [9.17, 15) is 0 Å². The van der Waals surface area contributed by atoms with E-state index in [1.54, 1.807) is 0 Å². The van der Waals surface area contributed by atoms with Crippen molar-refractivity contribution in [3.8, 4) is 73.2 Å². The molecule has 0 unspecified atom stereocenters. The van der Waals surface area contributed by atoms with E-state index < -0.39 is 0 Å². The Morgan fingerprint density at radius 1 is 0.275 bits per heavy atom. The second kappa shape index (κ2) is 15.6. The fourth-order valence-electron chi connectivity index (χ4n) is 10.1. The van der Waals surface area contributed by atoms with Crippen molar-refractivity contribution in [1.29, 1.82) is 0 Å². The van der Waals surface area contributed by atoms with Gasteiger partial charge in [0.1, 0.15) is 22.3 Å². The Bertz CT molecular complexity index is 4290. The first-order chi connectivity index (χ1) is 34.2. The van der Waals surface area contributed by atoms with Gasteiger partial charge in [-0.25, -0.2) is 15.0 Å². The maximum atomic E-state index is 6.86. The van der Waals surface area contributed by atoms with Gasteiger partial charge in [0.25, 0.3) is 0 Å². The molecular formula is C63H38N4O2. The van der Waals surface area contributed by atoms with E-state index in [0.717, 1.165) is 99.5 Å². The molecule has 0 saturated heterocycles. The molecule has 69 heavy (non-hydrogen) atoms. The molecule has 4 aromatic heterocycles. The molecule has 0 aliphatic heterocycles. The van der Waals surface area contributed by atoms with Crippen LogP contribution in [0.5, 0.6) is 0 Å². The fourth-order valence-corrected chi connectivity index (χ4v) is 10.1. The van der Waals surface area contributed by atoms with Gasteiger partial charge in [0.2, 0.25) is 0 Å². The van der Waals surface area contributed by atoms with Crippen LogP contribution in [-0.2, 0) is 0 Å². The van der Waals surface area contributed by atoms with E-state index in [4.69, 9.17) is 23.8 Å². The number of para-hydroxylation sites is 2. The molecular weight excluding hydrogens is 845 g/mol. The summed E-state index contributed by atoms with van der Waals surface area (Å²) in [4.78, 5) is 15.0. The largest absolute Gasteiger partial charge is 0.456 e. The van der Waals surface area contributed by atoms with Crippen LogP contribution in [0.15, 0.2) is 239 Å². The minimum Gasteiger partial charge on any atom is -0.456 e. The molecule has 0 atom stereocenters. The topological polar surface area (TPSA) is 69.9 Å². The number of nitrogens with zero attached hydrogens (tertiary/aromatic N) is 4. The number of hydrogen-bond acceptors (Lipinski definition) is 5. The maximum Gasteiger partial charge on any atom is 0.164 e. The molecule has 0 aliphatic rings. The fraction of sp³-hybridized carbons (Fsp3) is 0. The lowest BCUT2D eigenvalue weighted by atomic mass is 10.0. The van der Waals surface area contributed by atoms with Gasteiger partial charge in [0.05, 0.1) is 11.0 Å². The molecule has 0 bridgehead atoms. The zero-order chi connectivity index (χ0) is 45.4. The lowest BCUT2D eigenvalue weighted by Crippen LogP contribution is -2.00. The van der Waals surface area contributed by atoms with E-state index in [1.807, 2.05) is 42.5 Å². The zero-order valence-corrected chi connectivity index (χ0v) is 37.0. The summed E-state index contributed by atoms with van der Waals surface area (Å²) in [5.74, 6) is 1.79. The molecule has 0 spiro atoms. The van der Waals surface area contributed by atoms with Crippen LogP contribution in [0.4, 0.5) is 0 Å². The molecule has 0 aliphatic carbocycles. The lowest BCUT2D eigenvalue weighted by Gasteiger charge is -2.09. The third-order valence-electron chi connectivity index (χ3n) is 13.5. The van der Waals surface area contributed by atoms with E-state index in [1.165, 1.54) is 21.9 Å². The average Bonchev–Trinajstić information content (AvgIpc) is 4.10. The zero-order valence-electron chi connectivity index (χ0n) is 37.0. The highest BCUT2D eigenvalue weighted by molar-refractivity contribution is 6.13. The number of furan rings is 2. The predicted octanol–water partition coefficient (Wildman–Crippen LogP) is 16.8. The number of rotatable bonds is 7. The quantitative estimate of drug-likeness (QED) is 0.159. The Labute approximate surface area is 396 Å². The van der Waals surface area contributed by atoms with E-state index >= 15 is 0 Å². The normalized spacial score (nSPS) is 11.8. The van der Waals surface area contributed by atoms with Crippen LogP contribution in [0.3, 0.4) is 0 Å². The SMILES string of the molecule is c1ccc(-c2ccc(-c3nc(-c4ccccc4)nc(-c4ccc5c(c4)oc4cc(-c6cccc7c6oc6cc(-n8c9ccccc9c9cc(-c%10ccccc%10)ccc98)ccc67)ccc45)n3)cc2)cc1. The Balaban J connectivity index is 0.832. The minimum atomic E-state index is 0.573. The van der Waals surface area contributed by atoms with Crippen molar-refractivity contribution < 1.29 is 8.83 Å². The van der Waals surface area contributed by atoms with Gasteiger partial charge < -0.3 is 13.4 Å². The standard InChI is InChI=1S/C63H38N4O2/c1-4-13-39(14-5-1)41-23-25-43(26-24-41)62-64-61(42-17-8-3-9-18-42)65-63(66-62)46-28-32-51-50-31-27-45(36-57(50)68-58(51)37-46)48-20-12-21-53-52-33-30-47(38-59(52)69-60(48)53)67-55-22-11-10-19-49(55)54-35-44(29-34-56(54)67)40-15-6-2-7-16-40/h1-38H. The Kier molecular flexibility index (Phi) is 8.79. The summed E-state index contributed by atoms with van der Waals surface area (Å²) in [5.41, 5.74) is 15.9. The van der Waals surface area contributed by atoms with Crippen LogP contribution in [-0.4, -0.2) is 19.5 Å². The summed E-state index contributed by atoms with van der Waals surface area (Å²) in [6, 6.07) is 80.4. The van der Waals surface area contributed by atoms with E-state index in [-0.39, 0.29) is 0 Å². The van der Waals surface area contributed by atoms with Crippen molar-refractivity contribution in [1.82, 2.24) is 19.5 Å². The molecule has 6 nitrogen and oxygen atoms in total. The van der Waals surface area contributed by atoms with Gasteiger partial charge in [-0.2, -0.15) is 0 Å². The van der Waals surface area contributed by atoms with Crippen molar-refractivity contribution in [3.05, 3.63) is 231 Å². The van der Waals surface area contributed by atoms with Crippen LogP contribution in [0.25, 0.3) is 139 Å². The maximum absolute atomic E-state index is 6.86. The number of benzene rings is 10.